The van der Waals surface area contributed by atoms with Crippen LogP contribution in [-0.4, -0.2) is 18.2 Å². The molecule has 0 aromatic heterocycles. The maximum absolute atomic E-state index is 6.06. The highest BCUT2D eigenvalue weighted by atomic mass is 16.5. The first kappa shape index (κ1) is 16.9. The smallest absolute Gasteiger partial charge is 0.0641 e. The molecule has 0 aliphatic rings. The largest absolute Gasteiger partial charge is 0.375 e. The van der Waals surface area contributed by atoms with Gasteiger partial charge in [-0.2, -0.15) is 0 Å². The summed E-state index contributed by atoms with van der Waals surface area (Å²) >= 11 is 0. The molecule has 17 heavy (non-hydrogen) atoms. The van der Waals surface area contributed by atoms with Crippen molar-refractivity contribution in [2.45, 2.75) is 73.5 Å². The van der Waals surface area contributed by atoms with Crippen LogP contribution in [0.3, 0.4) is 0 Å². The minimum atomic E-state index is -0.116. The van der Waals surface area contributed by atoms with Gasteiger partial charge in [0, 0.05) is 6.04 Å². The second kappa shape index (κ2) is 6.19. The molecule has 0 aliphatic heterocycles. The van der Waals surface area contributed by atoms with Gasteiger partial charge in [0.2, 0.25) is 0 Å². The van der Waals surface area contributed by atoms with E-state index in [4.69, 9.17) is 10.5 Å². The predicted octanol–water partition coefficient (Wildman–Crippen LogP) is 3.84. The van der Waals surface area contributed by atoms with Gasteiger partial charge >= 0.3 is 0 Å². The lowest BCUT2D eigenvalue weighted by molar-refractivity contribution is -0.0643. The lowest BCUT2D eigenvalue weighted by Gasteiger charge is -2.38. The molecule has 0 spiro atoms. The molecule has 0 radical (unpaired) electrons. The zero-order chi connectivity index (χ0) is 13.9. The Morgan fingerprint density at radius 2 is 1.47 bits per heavy atom. The molecular weight excluding hydrogens is 210 g/mol. The zero-order valence-electron chi connectivity index (χ0n) is 13.1. The SMILES string of the molecule is CC(N)CC(C)(C)OCC(C)C(C)(C)C(C)C. The van der Waals surface area contributed by atoms with Crippen molar-refractivity contribution in [3.63, 3.8) is 0 Å². The average molecular weight is 243 g/mol. The van der Waals surface area contributed by atoms with E-state index in [0.717, 1.165) is 13.0 Å². The van der Waals surface area contributed by atoms with Crippen LogP contribution in [0.25, 0.3) is 0 Å². The fourth-order valence-corrected chi connectivity index (χ4v) is 1.97. The average Bonchev–Trinajstić information content (AvgIpc) is 2.11. The van der Waals surface area contributed by atoms with E-state index in [-0.39, 0.29) is 11.6 Å². The van der Waals surface area contributed by atoms with Crippen LogP contribution in [0.15, 0.2) is 0 Å². The molecule has 0 saturated heterocycles. The number of hydrogen-bond acceptors (Lipinski definition) is 2. The van der Waals surface area contributed by atoms with Gasteiger partial charge in [0.05, 0.1) is 12.2 Å². The van der Waals surface area contributed by atoms with Crippen molar-refractivity contribution >= 4 is 0 Å². The molecule has 2 heteroatoms. The number of nitrogens with two attached hydrogens (primary N) is 1. The molecule has 0 fully saturated rings. The Bertz CT molecular complexity index is 219. The molecule has 2 atom stereocenters. The van der Waals surface area contributed by atoms with E-state index < -0.39 is 0 Å². The van der Waals surface area contributed by atoms with E-state index in [1.807, 2.05) is 6.92 Å². The molecule has 0 rings (SSSR count). The van der Waals surface area contributed by atoms with Gasteiger partial charge in [-0.05, 0) is 44.4 Å². The predicted molar refractivity (Wildman–Crippen MR) is 76.1 cm³/mol. The summed E-state index contributed by atoms with van der Waals surface area (Å²) in [6.45, 7) is 18.6. The third-order valence-corrected chi connectivity index (χ3v) is 4.30. The Hall–Kier alpha value is -0.0800. The molecule has 0 aromatic rings. The lowest BCUT2D eigenvalue weighted by atomic mass is 9.72. The standard InChI is InChI=1S/C15H33NO/c1-11(2)15(7,8)12(3)10-17-14(5,6)9-13(4)16/h11-13H,9-10,16H2,1-8H3. The minimum absolute atomic E-state index is 0.116. The van der Waals surface area contributed by atoms with Gasteiger partial charge in [0.25, 0.3) is 0 Å². The van der Waals surface area contributed by atoms with E-state index in [1.165, 1.54) is 0 Å². The topological polar surface area (TPSA) is 35.2 Å². The Morgan fingerprint density at radius 3 is 1.82 bits per heavy atom. The second-order valence-corrected chi connectivity index (χ2v) is 7.13. The first-order valence-electron chi connectivity index (χ1n) is 6.88. The van der Waals surface area contributed by atoms with Crippen molar-refractivity contribution in [2.24, 2.45) is 23.0 Å². The summed E-state index contributed by atoms with van der Waals surface area (Å²) in [5, 5.41) is 0. The van der Waals surface area contributed by atoms with Crippen molar-refractivity contribution in [1.82, 2.24) is 0 Å². The van der Waals surface area contributed by atoms with Crippen molar-refractivity contribution in [2.75, 3.05) is 6.61 Å². The summed E-state index contributed by atoms with van der Waals surface area (Å²) in [6, 6.07) is 0.193. The van der Waals surface area contributed by atoms with Crippen LogP contribution in [0.4, 0.5) is 0 Å². The number of ether oxygens (including phenoxy) is 1. The summed E-state index contributed by atoms with van der Waals surface area (Å²) in [7, 11) is 0. The minimum Gasteiger partial charge on any atom is -0.375 e. The molecule has 0 amide bonds. The van der Waals surface area contributed by atoms with Crippen LogP contribution in [0.2, 0.25) is 0 Å². The molecule has 2 nitrogen and oxygen atoms in total. The Balaban J connectivity index is 4.28. The van der Waals surface area contributed by atoms with Crippen molar-refractivity contribution < 1.29 is 4.74 Å². The van der Waals surface area contributed by atoms with Gasteiger partial charge in [-0.3, -0.25) is 0 Å². The Labute approximate surface area is 108 Å². The summed E-state index contributed by atoms with van der Waals surface area (Å²) in [6.07, 6.45) is 0.905. The van der Waals surface area contributed by atoms with E-state index in [9.17, 15) is 0 Å². The van der Waals surface area contributed by atoms with Gasteiger partial charge in [-0.1, -0.05) is 34.6 Å². The van der Waals surface area contributed by atoms with Crippen LogP contribution >= 0.6 is 0 Å². The summed E-state index contributed by atoms with van der Waals surface area (Å²) in [4.78, 5) is 0. The van der Waals surface area contributed by atoms with E-state index in [2.05, 4.69) is 48.5 Å². The molecule has 0 heterocycles. The molecule has 104 valence electrons. The fourth-order valence-electron chi connectivity index (χ4n) is 1.97. The molecule has 0 aromatic carbocycles. The third-order valence-electron chi connectivity index (χ3n) is 4.30. The molecule has 2 N–H and O–H groups in total. The van der Waals surface area contributed by atoms with Crippen LogP contribution in [0.5, 0.6) is 0 Å². The normalized spacial score (nSPS) is 17.3. The van der Waals surface area contributed by atoms with Crippen LogP contribution in [0, 0.1) is 17.3 Å². The highest BCUT2D eigenvalue weighted by Gasteiger charge is 2.31. The fraction of sp³-hybridized carbons (Fsp3) is 1.00. The molecule has 2 unspecified atom stereocenters. The highest BCUT2D eigenvalue weighted by molar-refractivity contribution is 4.80. The Kier molecular flexibility index (Phi) is 6.16. The van der Waals surface area contributed by atoms with E-state index in [1.54, 1.807) is 0 Å². The van der Waals surface area contributed by atoms with Crippen LogP contribution in [0.1, 0.15) is 61.8 Å². The second-order valence-electron chi connectivity index (χ2n) is 7.13. The van der Waals surface area contributed by atoms with Gasteiger partial charge in [-0.15, -0.1) is 0 Å². The Morgan fingerprint density at radius 1 is 1.00 bits per heavy atom. The molecular formula is C15H33NO. The maximum Gasteiger partial charge on any atom is 0.0641 e. The van der Waals surface area contributed by atoms with Crippen molar-refractivity contribution in [3.8, 4) is 0 Å². The maximum atomic E-state index is 6.06. The van der Waals surface area contributed by atoms with Gasteiger partial charge in [0.15, 0.2) is 0 Å². The van der Waals surface area contributed by atoms with E-state index >= 15 is 0 Å². The molecule has 0 saturated carbocycles. The zero-order valence-corrected chi connectivity index (χ0v) is 13.1. The van der Waals surface area contributed by atoms with Crippen LogP contribution < -0.4 is 5.73 Å². The third kappa shape index (κ3) is 5.87. The molecule has 0 aliphatic carbocycles. The molecule has 0 bridgehead atoms. The first-order valence-corrected chi connectivity index (χ1v) is 6.88. The van der Waals surface area contributed by atoms with Crippen molar-refractivity contribution in [3.05, 3.63) is 0 Å². The van der Waals surface area contributed by atoms with Gasteiger partial charge in [0.1, 0.15) is 0 Å². The van der Waals surface area contributed by atoms with Crippen molar-refractivity contribution in [1.29, 1.82) is 0 Å². The monoisotopic (exact) mass is 243 g/mol. The quantitative estimate of drug-likeness (QED) is 0.737. The van der Waals surface area contributed by atoms with Gasteiger partial charge < -0.3 is 10.5 Å². The number of rotatable bonds is 7. The van der Waals surface area contributed by atoms with Crippen LogP contribution in [-0.2, 0) is 4.74 Å². The van der Waals surface area contributed by atoms with Gasteiger partial charge in [-0.25, -0.2) is 0 Å². The first-order chi connectivity index (χ1) is 7.49. The summed E-state index contributed by atoms with van der Waals surface area (Å²) in [5.74, 6) is 1.22. The summed E-state index contributed by atoms with van der Waals surface area (Å²) in [5.41, 5.74) is 6.03. The highest BCUT2D eigenvalue weighted by Crippen LogP contribution is 2.35. The number of hydrogen-bond donors (Lipinski definition) is 1. The van der Waals surface area contributed by atoms with E-state index in [0.29, 0.717) is 17.3 Å². The lowest BCUT2D eigenvalue weighted by Crippen LogP contribution is -2.37. The summed E-state index contributed by atoms with van der Waals surface area (Å²) < 4.78 is 6.06.